The first kappa shape index (κ1) is 19.7. The van der Waals surface area contributed by atoms with Gasteiger partial charge in [-0.15, -0.1) is 0 Å². The molecule has 0 bridgehead atoms. The quantitative estimate of drug-likeness (QED) is 0.234. The Labute approximate surface area is 178 Å². The molecule has 4 aromatic rings. The maximum absolute atomic E-state index is 6.81. The number of hydrogen-bond acceptors (Lipinski definition) is 2. The van der Waals surface area contributed by atoms with E-state index in [1.807, 2.05) is 60.7 Å². The molecule has 0 spiro atoms. The van der Waals surface area contributed by atoms with Crippen LogP contribution in [0.25, 0.3) is 0 Å². The average molecular weight is 547 g/mol. The monoisotopic (exact) mass is 548 g/mol. The molecule has 0 saturated heterocycles. The van der Waals surface area contributed by atoms with Crippen LogP contribution in [0.3, 0.4) is 0 Å². The van der Waals surface area contributed by atoms with Crippen molar-refractivity contribution < 1.29 is 26.6 Å². The second kappa shape index (κ2) is 9.71. The summed E-state index contributed by atoms with van der Waals surface area (Å²) in [5, 5.41) is 0. The fourth-order valence-corrected chi connectivity index (χ4v) is 15.3. The molecule has 0 radical (unpaired) electrons. The van der Waals surface area contributed by atoms with Crippen LogP contribution in [0.1, 0.15) is 11.1 Å². The summed E-state index contributed by atoms with van der Waals surface area (Å²) in [6.07, 6.45) is 0. The Morgan fingerprint density at radius 1 is 0.414 bits per heavy atom. The van der Waals surface area contributed by atoms with Crippen molar-refractivity contribution >= 4 is 0 Å². The second-order valence-corrected chi connectivity index (χ2v) is 17.6. The van der Waals surface area contributed by atoms with E-state index in [2.05, 4.69) is 60.7 Å². The van der Waals surface area contributed by atoms with Crippen LogP contribution in [-0.2, 0) is 29.2 Å². The van der Waals surface area contributed by atoms with Gasteiger partial charge >= 0.3 is 179 Å². The van der Waals surface area contributed by atoms with Crippen molar-refractivity contribution in [3.8, 4) is 11.5 Å². The van der Waals surface area contributed by atoms with Crippen LogP contribution in [0, 0.1) is 0 Å². The first-order valence-electron chi connectivity index (χ1n) is 9.87. The predicted molar refractivity (Wildman–Crippen MR) is 114 cm³/mol. The van der Waals surface area contributed by atoms with Gasteiger partial charge in [-0.2, -0.15) is 0 Å². The molecule has 3 heteroatoms. The Morgan fingerprint density at radius 2 is 0.724 bits per heavy atom. The summed E-state index contributed by atoms with van der Waals surface area (Å²) in [6, 6.07) is 41.3. The van der Waals surface area contributed by atoms with Crippen molar-refractivity contribution in [1.29, 1.82) is 0 Å². The molecule has 0 unspecified atom stereocenters. The van der Waals surface area contributed by atoms with Gasteiger partial charge in [-0.05, 0) is 0 Å². The van der Waals surface area contributed by atoms with Gasteiger partial charge in [0.1, 0.15) is 0 Å². The van der Waals surface area contributed by atoms with Gasteiger partial charge in [0.2, 0.25) is 0 Å². The molecule has 2 nitrogen and oxygen atoms in total. The normalized spacial score (nSPS) is 11.0. The van der Waals surface area contributed by atoms with E-state index in [4.69, 9.17) is 5.71 Å². The third-order valence-electron chi connectivity index (χ3n) is 4.73. The summed E-state index contributed by atoms with van der Waals surface area (Å²) in [5.41, 5.74) is 2.52. The van der Waals surface area contributed by atoms with Gasteiger partial charge in [-0.25, -0.2) is 0 Å². The van der Waals surface area contributed by atoms with Crippen molar-refractivity contribution in [1.82, 2.24) is 0 Å². The molecule has 4 rings (SSSR count). The molecule has 0 saturated carbocycles. The van der Waals surface area contributed by atoms with Crippen LogP contribution in [0.15, 0.2) is 121 Å². The van der Waals surface area contributed by atoms with Crippen LogP contribution < -0.4 is 5.71 Å². The summed E-state index contributed by atoms with van der Waals surface area (Å²) in [4.78, 5) is 0. The molecule has 0 aliphatic heterocycles. The van der Waals surface area contributed by atoms with Gasteiger partial charge < -0.3 is 0 Å². The molecule has 0 N–H and O–H groups in total. The number of benzene rings is 4. The zero-order valence-corrected chi connectivity index (χ0v) is 19.9. The van der Waals surface area contributed by atoms with E-state index in [9.17, 15) is 0 Å². The van der Waals surface area contributed by atoms with E-state index in [0.717, 1.165) is 19.9 Å². The number of para-hydroxylation sites is 2. The van der Waals surface area contributed by atoms with E-state index >= 15 is 0 Å². The first-order valence-corrected chi connectivity index (χ1v) is 17.9. The van der Waals surface area contributed by atoms with Crippen molar-refractivity contribution in [2.45, 2.75) is 8.35 Å². The molecular weight excluding hydrogens is 523 g/mol. The Kier molecular flexibility index (Phi) is 6.58. The van der Waals surface area contributed by atoms with Crippen molar-refractivity contribution in [2.75, 3.05) is 0 Å². The standard InChI is InChI=1S/2C7H7.2C6H6O.Hf/c2*1-7-5-3-2-4-6-7;2*7-6-4-2-1-3-5-6;/h2*2-6H,1H2;2*1-5,7H;/q;;;;+2/p-2. The molecule has 0 heterocycles. The second-order valence-electron chi connectivity index (χ2n) is 7.07. The van der Waals surface area contributed by atoms with Gasteiger partial charge in [0, 0.05) is 0 Å². The molecule has 0 fully saturated rings. The van der Waals surface area contributed by atoms with Crippen LogP contribution in [-0.4, -0.2) is 0 Å². The first-order chi connectivity index (χ1) is 14.3. The summed E-state index contributed by atoms with van der Waals surface area (Å²) in [5.74, 6) is 1.77. The molecular formula is C26H24HfO2. The van der Waals surface area contributed by atoms with Crippen LogP contribution in [0.4, 0.5) is 0 Å². The summed E-state index contributed by atoms with van der Waals surface area (Å²) < 4.78 is 15.3. The van der Waals surface area contributed by atoms with Gasteiger partial charge in [-0.1, -0.05) is 0 Å². The maximum atomic E-state index is 6.81. The number of hydrogen-bond donors (Lipinski definition) is 0. The molecule has 0 aliphatic carbocycles. The SMILES string of the molecule is c1ccc([CH2][Hf]([CH2]c2ccccc2)([O]c2ccccc2)[O]c2ccccc2)cc1. The molecule has 0 aromatic heterocycles. The van der Waals surface area contributed by atoms with Crippen molar-refractivity contribution in [3.05, 3.63) is 132 Å². The fourth-order valence-electron chi connectivity index (χ4n) is 3.45. The topological polar surface area (TPSA) is 18.5 Å². The zero-order chi connectivity index (χ0) is 19.8. The summed E-state index contributed by atoms with van der Waals surface area (Å²) in [7, 11) is 0. The van der Waals surface area contributed by atoms with Crippen LogP contribution in [0.2, 0.25) is 0 Å². The predicted octanol–water partition coefficient (Wildman–Crippen LogP) is 6.53. The van der Waals surface area contributed by atoms with E-state index in [1.54, 1.807) is 0 Å². The third kappa shape index (κ3) is 5.68. The van der Waals surface area contributed by atoms with Gasteiger partial charge in [-0.3, -0.25) is 0 Å². The summed E-state index contributed by atoms with van der Waals surface area (Å²) >= 11 is -3.88. The van der Waals surface area contributed by atoms with E-state index in [0.29, 0.717) is 0 Å². The van der Waals surface area contributed by atoms with E-state index < -0.39 is 20.8 Å². The average Bonchev–Trinajstić information content (AvgIpc) is 2.76. The minimum atomic E-state index is -3.88. The Balaban J connectivity index is 1.75. The van der Waals surface area contributed by atoms with E-state index in [1.165, 1.54) is 11.1 Å². The van der Waals surface area contributed by atoms with Gasteiger partial charge in [0.05, 0.1) is 0 Å². The van der Waals surface area contributed by atoms with Gasteiger partial charge in [0.15, 0.2) is 0 Å². The minimum absolute atomic E-state index is 0.840. The van der Waals surface area contributed by atoms with Crippen LogP contribution in [0.5, 0.6) is 11.5 Å². The Hall–Kier alpha value is -2.65. The molecule has 29 heavy (non-hydrogen) atoms. The fraction of sp³-hybridized carbons (Fsp3) is 0.0769. The molecule has 144 valence electrons. The van der Waals surface area contributed by atoms with Gasteiger partial charge in [0.25, 0.3) is 0 Å². The summed E-state index contributed by atoms with van der Waals surface area (Å²) in [6.45, 7) is 0. The number of rotatable bonds is 8. The van der Waals surface area contributed by atoms with E-state index in [-0.39, 0.29) is 0 Å². The molecule has 0 amide bonds. The Morgan fingerprint density at radius 3 is 1.07 bits per heavy atom. The molecule has 4 aromatic carbocycles. The third-order valence-corrected chi connectivity index (χ3v) is 15.9. The molecule has 0 atom stereocenters. The van der Waals surface area contributed by atoms with Crippen LogP contribution >= 0.6 is 0 Å². The van der Waals surface area contributed by atoms with Crippen molar-refractivity contribution in [3.63, 3.8) is 0 Å². The Bertz CT molecular complexity index is 818. The molecule has 0 aliphatic rings. The zero-order valence-electron chi connectivity index (χ0n) is 16.3. The van der Waals surface area contributed by atoms with Crippen molar-refractivity contribution in [2.24, 2.45) is 0 Å².